The molecule has 1 heterocycles. The van der Waals surface area contributed by atoms with Gasteiger partial charge in [-0.1, -0.05) is 12.1 Å². The molecule has 1 unspecified atom stereocenters. The average Bonchev–Trinajstić information content (AvgIpc) is 2.86. The minimum Gasteiger partial charge on any atom is -0.491 e. The summed E-state index contributed by atoms with van der Waals surface area (Å²) in [5, 5.41) is 4.27. The Hall–Kier alpha value is -1.81. The third kappa shape index (κ3) is 3.84. The van der Waals surface area contributed by atoms with E-state index in [2.05, 4.69) is 12.0 Å². The highest BCUT2D eigenvalue weighted by Gasteiger charge is 2.10. The van der Waals surface area contributed by atoms with Crippen molar-refractivity contribution in [2.75, 3.05) is 0 Å². The molecule has 0 aliphatic rings. The molecular formula is C16H23N3O. The molecule has 0 radical (unpaired) electrons. The van der Waals surface area contributed by atoms with Crippen molar-refractivity contribution in [3.8, 4) is 5.75 Å². The number of benzene rings is 1. The van der Waals surface area contributed by atoms with Crippen LogP contribution in [-0.2, 0) is 13.0 Å². The zero-order valence-corrected chi connectivity index (χ0v) is 12.4. The number of hydrogen-bond donors (Lipinski definition) is 1. The Morgan fingerprint density at radius 3 is 2.80 bits per heavy atom. The summed E-state index contributed by atoms with van der Waals surface area (Å²) in [4.78, 5) is 0. The largest absolute Gasteiger partial charge is 0.491 e. The molecule has 0 spiro atoms. The molecule has 0 saturated heterocycles. The van der Waals surface area contributed by atoms with Crippen LogP contribution in [0.5, 0.6) is 5.75 Å². The van der Waals surface area contributed by atoms with Crippen molar-refractivity contribution in [3.05, 3.63) is 47.8 Å². The maximum atomic E-state index is 6.28. The van der Waals surface area contributed by atoms with Gasteiger partial charge in [0.25, 0.3) is 0 Å². The van der Waals surface area contributed by atoms with Gasteiger partial charge < -0.3 is 10.5 Å². The van der Waals surface area contributed by atoms with E-state index in [-0.39, 0.29) is 12.1 Å². The minimum absolute atomic E-state index is 0.0415. The quantitative estimate of drug-likeness (QED) is 0.880. The van der Waals surface area contributed by atoms with Gasteiger partial charge in [0.1, 0.15) is 5.75 Å². The van der Waals surface area contributed by atoms with Crippen LogP contribution in [0.3, 0.4) is 0 Å². The molecule has 0 aliphatic carbocycles. The van der Waals surface area contributed by atoms with Gasteiger partial charge in [-0.2, -0.15) is 5.10 Å². The summed E-state index contributed by atoms with van der Waals surface area (Å²) in [5.41, 5.74) is 8.54. The number of nitrogens with zero attached hydrogens (tertiary/aromatic N) is 2. The SMILES string of the molecule is CCn1cc(CC(N)c2cccc(OC(C)C)c2)cn1. The second-order valence-corrected chi connectivity index (χ2v) is 5.25. The molecule has 1 aromatic heterocycles. The fourth-order valence-electron chi connectivity index (χ4n) is 2.15. The molecule has 0 aliphatic heterocycles. The molecular weight excluding hydrogens is 250 g/mol. The topological polar surface area (TPSA) is 53.1 Å². The van der Waals surface area contributed by atoms with Gasteiger partial charge >= 0.3 is 0 Å². The Labute approximate surface area is 120 Å². The maximum absolute atomic E-state index is 6.28. The van der Waals surface area contributed by atoms with Crippen molar-refractivity contribution in [2.45, 2.75) is 45.9 Å². The van der Waals surface area contributed by atoms with Crippen LogP contribution in [0, 0.1) is 0 Å². The van der Waals surface area contributed by atoms with Gasteiger partial charge in [0.05, 0.1) is 12.3 Å². The summed E-state index contributed by atoms with van der Waals surface area (Å²) in [5.74, 6) is 0.872. The lowest BCUT2D eigenvalue weighted by atomic mass is 10.0. The molecule has 0 fully saturated rings. The molecule has 4 nitrogen and oxygen atoms in total. The molecule has 0 saturated carbocycles. The first-order chi connectivity index (χ1) is 9.58. The van der Waals surface area contributed by atoms with Crippen molar-refractivity contribution in [1.82, 2.24) is 9.78 Å². The van der Waals surface area contributed by atoms with Gasteiger partial charge in [-0.25, -0.2) is 0 Å². The molecule has 1 aromatic carbocycles. The summed E-state index contributed by atoms with van der Waals surface area (Å²) < 4.78 is 7.62. The molecule has 4 heteroatoms. The third-order valence-corrected chi connectivity index (χ3v) is 3.12. The van der Waals surface area contributed by atoms with E-state index < -0.39 is 0 Å². The lowest BCUT2D eigenvalue weighted by Gasteiger charge is -2.14. The lowest BCUT2D eigenvalue weighted by molar-refractivity contribution is 0.242. The lowest BCUT2D eigenvalue weighted by Crippen LogP contribution is -2.13. The second-order valence-electron chi connectivity index (χ2n) is 5.25. The highest BCUT2D eigenvalue weighted by molar-refractivity contribution is 5.31. The molecule has 20 heavy (non-hydrogen) atoms. The number of ether oxygens (including phenoxy) is 1. The standard InChI is InChI=1S/C16H23N3O/c1-4-19-11-13(10-18-19)8-16(17)14-6-5-7-15(9-14)20-12(2)3/h5-7,9-12,16H,4,8,17H2,1-3H3. The van der Waals surface area contributed by atoms with Gasteiger partial charge in [-0.3, -0.25) is 4.68 Å². The van der Waals surface area contributed by atoms with E-state index >= 15 is 0 Å². The highest BCUT2D eigenvalue weighted by atomic mass is 16.5. The highest BCUT2D eigenvalue weighted by Crippen LogP contribution is 2.21. The summed E-state index contributed by atoms with van der Waals surface area (Å²) in [7, 11) is 0. The van der Waals surface area contributed by atoms with E-state index in [1.165, 1.54) is 0 Å². The van der Waals surface area contributed by atoms with Crippen LogP contribution in [0.25, 0.3) is 0 Å². The predicted molar refractivity (Wildman–Crippen MR) is 80.7 cm³/mol. The van der Waals surface area contributed by atoms with E-state index in [1.54, 1.807) is 0 Å². The fraction of sp³-hybridized carbons (Fsp3) is 0.438. The number of aryl methyl sites for hydroxylation is 1. The van der Waals surface area contributed by atoms with Gasteiger partial charge in [0, 0.05) is 18.8 Å². The van der Waals surface area contributed by atoms with Crippen LogP contribution in [0.15, 0.2) is 36.7 Å². The third-order valence-electron chi connectivity index (χ3n) is 3.12. The Kier molecular flexibility index (Phi) is 4.79. The molecule has 108 valence electrons. The fourth-order valence-corrected chi connectivity index (χ4v) is 2.15. The van der Waals surface area contributed by atoms with Crippen LogP contribution < -0.4 is 10.5 Å². The number of hydrogen-bond acceptors (Lipinski definition) is 3. The van der Waals surface area contributed by atoms with Crippen molar-refractivity contribution >= 4 is 0 Å². The Morgan fingerprint density at radius 1 is 1.35 bits per heavy atom. The van der Waals surface area contributed by atoms with E-state index in [9.17, 15) is 0 Å². The van der Waals surface area contributed by atoms with Gasteiger partial charge in [0.2, 0.25) is 0 Å². The predicted octanol–water partition coefficient (Wildman–Crippen LogP) is 2.93. The van der Waals surface area contributed by atoms with E-state index in [0.717, 1.165) is 29.8 Å². The van der Waals surface area contributed by atoms with E-state index in [0.29, 0.717) is 0 Å². The molecule has 0 bridgehead atoms. The Morgan fingerprint density at radius 2 is 2.15 bits per heavy atom. The smallest absolute Gasteiger partial charge is 0.120 e. The second kappa shape index (κ2) is 6.57. The van der Waals surface area contributed by atoms with Crippen molar-refractivity contribution < 1.29 is 4.74 Å². The maximum Gasteiger partial charge on any atom is 0.120 e. The zero-order chi connectivity index (χ0) is 14.5. The molecule has 1 atom stereocenters. The summed E-state index contributed by atoms with van der Waals surface area (Å²) in [6, 6.07) is 7.98. The number of nitrogens with two attached hydrogens (primary N) is 1. The molecule has 2 aromatic rings. The summed E-state index contributed by atoms with van der Waals surface area (Å²) >= 11 is 0. The Bertz CT molecular complexity index is 548. The first-order valence-electron chi connectivity index (χ1n) is 7.12. The van der Waals surface area contributed by atoms with E-state index in [1.807, 2.05) is 55.2 Å². The summed E-state index contributed by atoms with van der Waals surface area (Å²) in [6.07, 6.45) is 4.89. The van der Waals surface area contributed by atoms with Crippen LogP contribution in [0.2, 0.25) is 0 Å². The first kappa shape index (κ1) is 14.6. The van der Waals surface area contributed by atoms with Gasteiger partial charge in [-0.05, 0) is 50.5 Å². The van der Waals surface area contributed by atoms with Gasteiger partial charge in [-0.15, -0.1) is 0 Å². The van der Waals surface area contributed by atoms with Crippen LogP contribution in [0.4, 0.5) is 0 Å². The summed E-state index contributed by atoms with van der Waals surface area (Å²) in [6.45, 7) is 6.99. The monoisotopic (exact) mass is 273 g/mol. The van der Waals surface area contributed by atoms with E-state index in [4.69, 9.17) is 10.5 Å². The minimum atomic E-state index is -0.0415. The Balaban J connectivity index is 2.06. The molecule has 2 rings (SSSR count). The van der Waals surface area contributed by atoms with Crippen molar-refractivity contribution in [1.29, 1.82) is 0 Å². The zero-order valence-electron chi connectivity index (χ0n) is 12.4. The van der Waals surface area contributed by atoms with Crippen molar-refractivity contribution in [2.24, 2.45) is 5.73 Å². The average molecular weight is 273 g/mol. The molecule has 2 N–H and O–H groups in total. The molecule has 0 amide bonds. The normalized spacial score (nSPS) is 12.7. The van der Waals surface area contributed by atoms with Crippen LogP contribution in [0.1, 0.15) is 37.9 Å². The first-order valence-corrected chi connectivity index (χ1v) is 7.12. The van der Waals surface area contributed by atoms with Crippen molar-refractivity contribution in [3.63, 3.8) is 0 Å². The number of aromatic nitrogens is 2. The van der Waals surface area contributed by atoms with Crippen LogP contribution >= 0.6 is 0 Å². The van der Waals surface area contributed by atoms with Crippen LogP contribution in [-0.4, -0.2) is 15.9 Å². The van der Waals surface area contributed by atoms with Gasteiger partial charge in [0.15, 0.2) is 0 Å². The number of rotatable bonds is 6.